The molecule has 0 radical (unpaired) electrons. The summed E-state index contributed by atoms with van der Waals surface area (Å²) in [6, 6.07) is 12.7. The van der Waals surface area contributed by atoms with E-state index in [1.807, 2.05) is 24.3 Å². The van der Waals surface area contributed by atoms with Crippen molar-refractivity contribution in [1.82, 2.24) is 29.5 Å². The largest absolute Gasteiger partial charge is 0.497 e. The Hall–Kier alpha value is -3.37. The first-order valence-electron chi connectivity index (χ1n) is 8.75. The topological polar surface area (TPSA) is 99.8 Å². The lowest BCUT2D eigenvalue weighted by Gasteiger charge is -2.11. The number of nitrogens with one attached hydrogen (secondary N) is 1. The fourth-order valence-electron chi connectivity index (χ4n) is 2.72. The van der Waals surface area contributed by atoms with Crippen LogP contribution in [0.3, 0.4) is 0 Å². The van der Waals surface area contributed by atoms with E-state index in [-0.39, 0.29) is 11.7 Å². The molecule has 1 amide bonds. The molecule has 2 heterocycles. The zero-order chi connectivity index (χ0) is 20.9. The second-order valence-electron chi connectivity index (χ2n) is 6.02. The number of carbonyl (C=O) groups excluding carboxylic acids is 1. The highest BCUT2D eigenvalue weighted by atomic mass is 35.5. The summed E-state index contributed by atoms with van der Waals surface area (Å²) in [4.78, 5) is 16.5. The number of thioether (sulfide) groups is 1. The summed E-state index contributed by atoms with van der Waals surface area (Å²) in [5, 5.41) is 16.1. The first-order valence-corrected chi connectivity index (χ1v) is 10.1. The lowest BCUT2D eigenvalue weighted by molar-refractivity contribution is -0.113. The molecule has 0 spiro atoms. The molecule has 0 saturated carbocycles. The number of aromatic nitrogens is 6. The first kappa shape index (κ1) is 19.9. The van der Waals surface area contributed by atoms with Gasteiger partial charge >= 0.3 is 0 Å². The van der Waals surface area contributed by atoms with E-state index >= 15 is 0 Å². The number of ether oxygens (including phenoxy) is 1. The molecule has 2 aromatic carbocycles. The van der Waals surface area contributed by atoms with Crippen LogP contribution in [0.1, 0.15) is 0 Å². The van der Waals surface area contributed by atoms with Crippen LogP contribution in [0.5, 0.6) is 5.75 Å². The molecule has 0 bridgehead atoms. The molecule has 9 nitrogen and oxygen atoms in total. The molecule has 2 aromatic heterocycles. The highest BCUT2D eigenvalue weighted by Gasteiger charge is 2.13. The number of rotatable bonds is 7. The maximum Gasteiger partial charge on any atom is 0.234 e. The van der Waals surface area contributed by atoms with E-state index < -0.39 is 0 Å². The normalized spacial score (nSPS) is 10.7. The van der Waals surface area contributed by atoms with Crippen LogP contribution in [0.25, 0.3) is 11.4 Å². The molecule has 11 heteroatoms. The van der Waals surface area contributed by atoms with Gasteiger partial charge in [0.1, 0.15) is 24.7 Å². The van der Waals surface area contributed by atoms with Crippen molar-refractivity contribution < 1.29 is 9.53 Å². The van der Waals surface area contributed by atoms with Gasteiger partial charge in [0.2, 0.25) is 5.91 Å². The number of hydrogen-bond acceptors (Lipinski definition) is 7. The van der Waals surface area contributed by atoms with Crippen LogP contribution in [-0.4, -0.2) is 48.3 Å². The number of hydrogen-bond donors (Lipinski definition) is 1. The van der Waals surface area contributed by atoms with Gasteiger partial charge in [0.25, 0.3) is 0 Å². The lowest BCUT2D eigenvalue weighted by atomic mass is 10.2. The third-order valence-electron chi connectivity index (χ3n) is 4.08. The van der Waals surface area contributed by atoms with E-state index in [1.165, 1.54) is 18.1 Å². The van der Waals surface area contributed by atoms with E-state index in [0.717, 1.165) is 11.4 Å². The van der Waals surface area contributed by atoms with Gasteiger partial charge < -0.3 is 10.1 Å². The molecule has 0 saturated heterocycles. The highest BCUT2D eigenvalue weighted by Crippen LogP contribution is 2.26. The van der Waals surface area contributed by atoms with Gasteiger partial charge in [0.15, 0.2) is 5.16 Å². The zero-order valence-corrected chi connectivity index (χ0v) is 17.3. The second kappa shape index (κ2) is 8.97. The summed E-state index contributed by atoms with van der Waals surface area (Å²) < 4.78 is 8.61. The van der Waals surface area contributed by atoms with Gasteiger partial charge in [-0.1, -0.05) is 29.4 Å². The maximum absolute atomic E-state index is 12.6. The quantitative estimate of drug-likeness (QED) is 0.439. The Labute approximate surface area is 181 Å². The SMILES string of the molecule is COc1cccc(-n2cnnc2SCC(=O)Nc2cc(Cl)ccc2-n2cncn2)c1. The third kappa shape index (κ3) is 4.44. The molecule has 0 aliphatic heterocycles. The van der Waals surface area contributed by atoms with Crippen LogP contribution >= 0.6 is 23.4 Å². The van der Waals surface area contributed by atoms with Crippen LogP contribution in [0.4, 0.5) is 5.69 Å². The average Bonchev–Trinajstić information content (AvgIpc) is 3.44. The molecule has 0 aliphatic rings. The molecule has 4 rings (SSSR count). The minimum atomic E-state index is -0.219. The smallest absolute Gasteiger partial charge is 0.234 e. The van der Waals surface area contributed by atoms with E-state index in [2.05, 4.69) is 25.6 Å². The Balaban J connectivity index is 1.47. The van der Waals surface area contributed by atoms with Crippen molar-refractivity contribution in [1.29, 1.82) is 0 Å². The monoisotopic (exact) mass is 441 g/mol. The Bertz CT molecular complexity index is 1160. The van der Waals surface area contributed by atoms with Crippen LogP contribution in [0, 0.1) is 0 Å². The van der Waals surface area contributed by atoms with E-state index in [9.17, 15) is 4.79 Å². The average molecular weight is 442 g/mol. The Morgan fingerprint density at radius 3 is 2.93 bits per heavy atom. The van der Waals surface area contributed by atoms with Crippen molar-refractivity contribution in [3.63, 3.8) is 0 Å². The molecular formula is C19H16ClN7O2S. The van der Waals surface area contributed by atoms with Crippen LogP contribution in [-0.2, 0) is 4.79 Å². The predicted molar refractivity (Wildman–Crippen MR) is 114 cm³/mol. The van der Waals surface area contributed by atoms with Crippen molar-refractivity contribution in [2.45, 2.75) is 5.16 Å². The van der Waals surface area contributed by atoms with Crippen molar-refractivity contribution >= 4 is 35.0 Å². The molecule has 4 aromatic rings. The second-order valence-corrected chi connectivity index (χ2v) is 7.40. The van der Waals surface area contributed by atoms with Crippen molar-refractivity contribution in [3.8, 4) is 17.1 Å². The number of methoxy groups -OCH3 is 1. The van der Waals surface area contributed by atoms with Gasteiger partial charge in [-0.2, -0.15) is 5.10 Å². The van der Waals surface area contributed by atoms with Crippen LogP contribution in [0.2, 0.25) is 5.02 Å². The molecule has 1 N–H and O–H groups in total. The number of amides is 1. The minimum Gasteiger partial charge on any atom is -0.497 e. The Kier molecular flexibility index (Phi) is 5.96. The number of benzene rings is 2. The van der Waals surface area contributed by atoms with Gasteiger partial charge in [0, 0.05) is 11.1 Å². The van der Waals surface area contributed by atoms with Crippen LogP contribution in [0.15, 0.2) is 66.6 Å². The summed E-state index contributed by atoms with van der Waals surface area (Å²) in [5.74, 6) is 0.631. The molecular weight excluding hydrogens is 426 g/mol. The summed E-state index contributed by atoms with van der Waals surface area (Å²) in [6.07, 6.45) is 4.56. The van der Waals surface area contributed by atoms with Crippen molar-refractivity contribution in [2.24, 2.45) is 0 Å². The van der Waals surface area contributed by atoms with E-state index in [1.54, 1.807) is 47.2 Å². The molecule has 0 fully saturated rings. The molecule has 30 heavy (non-hydrogen) atoms. The standard InChI is InChI=1S/C19H16ClN7O2S/c1-29-15-4-2-3-14(8-15)26-12-22-25-19(26)30-9-18(28)24-16-7-13(20)5-6-17(16)27-11-21-10-23-27/h2-8,10-12H,9H2,1H3,(H,24,28). The van der Waals surface area contributed by atoms with Crippen LogP contribution < -0.4 is 10.1 Å². The zero-order valence-electron chi connectivity index (χ0n) is 15.8. The summed E-state index contributed by atoms with van der Waals surface area (Å²) >= 11 is 7.37. The van der Waals surface area contributed by atoms with Crippen molar-refractivity contribution in [3.05, 3.63) is 66.5 Å². The van der Waals surface area contributed by atoms with Gasteiger partial charge in [-0.15, -0.1) is 10.2 Å². The summed E-state index contributed by atoms with van der Waals surface area (Å²) in [5.41, 5.74) is 2.04. The predicted octanol–water partition coefficient (Wildman–Crippen LogP) is 3.24. The fourth-order valence-corrected chi connectivity index (χ4v) is 3.62. The molecule has 0 aliphatic carbocycles. The number of nitrogens with zero attached hydrogens (tertiary/aromatic N) is 6. The van der Waals surface area contributed by atoms with Gasteiger partial charge in [0.05, 0.1) is 29.9 Å². The van der Waals surface area contributed by atoms with Crippen molar-refractivity contribution in [2.75, 3.05) is 18.2 Å². The van der Waals surface area contributed by atoms with Gasteiger partial charge in [-0.05, 0) is 30.3 Å². The maximum atomic E-state index is 12.6. The third-order valence-corrected chi connectivity index (χ3v) is 5.26. The number of carbonyl (C=O) groups is 1. The minimum absolute atomic E-state index is 0.131. The summed E-state index contributed by atoms with van der Waals surface area (Å²) in [6.45, 7) is 0. The Morgan fingerprint density at radius 2 is 2.13 bits per heavy atom. The highest BCUT2D eigenvalue weighted by molar-refractivity contribution is 7.99. The Morgan fingerprint density at radius 1 is 1.23 bits per heavy atom. The lowest BCUT2D eigenvalue weighted by Crippen LogP contribution is -2.16. The molecule has 0 atom stereocenters. The number of halogens is 1. The van der Waals surface area contributed by atoms with Gasteiger partial charge in [-0.3, -0.25) is 9.36 Å². The van der Waals surface area contributed by atoms with Gasteiger partial charge in [-0.25, -0.2) is 9.67 Å². The first-order chi connectivity index (χ1) is 14.6. The molecule has 0 unspecified atom stereocenters. The summed E-state index contributed by atoms with van der Waals surface area (Å²) in [7, 11) is 1.61. The van der Waals surface area contributed by atoms with E-state index in [4.69, 9.17) is 16.3 Å². The number of anilines is 1. The molecule has 152 valence electrons. The fraction of sp³-hybridized carbons (Fsp3) is 0.105. The van der Waals surface area contributed by atoms with E-state index in [0.29, 0.717) is 21.6 Å².